The molecule has 0 aliphatic carbocycles. The third kappa shape index (κ3) is 6.55. The van der Waals surface area contributed by atoms with Gasteiger partial charge in [0, 0.05) is 75.4 Å². The van der Waals surface area contributed by atoms with E-state index in [0.29, 0.717) is 0 Å². The molecule has 73 heavy (non-hydrogen) atoms. The molecule has 0 fully saturated rings. The van der Waals surface area contributed by atoms with Gasteiger partial charge in [-0.25, -0.2) is 0 Å². The van der Waals surface area contributed by atoms with Gasteiger partial charge in [-0.05, 0) is 107 Å². The summed E-state index contributed by atoms with van der Waals surface area (Å²) in [6.07, 6.45) is 4.21. The summed E-state index contributed by atoms with van der Waals surface area (Å²) in [5, 5.41) is 12.3. The number of rotatable bonds is 5. The minimum Gasteiger partial charge on any atom is -0.454 e. The number of allylic oxidation sites excluding steroid dienone is 2. The van der Waals surface area contributed by atoms with E-state index in [9.17, 15) is 0 Å². The lowest BCUT2D eigenvalue weighted by molar-refractivity contribution is 0.486. The Balaban J connectivity index is 0.979. The first-order valence-corrected chi connectivity index (χ1v) is 26.5. The quantitative estimate of drug-likeness (QED) is 0.169. The van der Waals surface area contributed by atoms with Crippen LogP contribution in [0.1, 0.15) is 49.4 Å². The lowest BCUT2D eigenvalue weighted by Gasteiger charge is -2.25. The summed E-state index contributed by atoms with van der Waals surface area (Å²) in [5.41, 5.74) is 14.9. The van der Waals surface area contributed by atoms with E-state index >= 15 is 0 Å². The molecule has 3 atom stereocenters. The monoisotopic (exact) mass is 955 g/mol. The molecule has 5 heteroatoms. The van der Waals surface area contributed by atoms with E-state index in [1.54, 1.807) is 0 Å². The van der Waals surface area contributed by atoms with Gasteiger partial charge in [0.15, 0.2) is 5.58 Å². The Labute approximate surface area is 426 Å². The molecule has 14 aromatic rings. The zero-order valence-electron chi connectivity index (χ0n) is 40.6. The zero-order valence-corrected chi connectivity index (χ0v) is 41.4. The summed E-state index contributed by atoms with van der Waals surface area (Å²) in [6, 6.07) is 77.9. The van der Waals surface area contributed by atoms with Crippen molar-refractivity contribution < 1.29 is 4.42 Å². The van der Waals surface area contributed by atoms with Gasteiger partial charge in [0.2, 0.25) is 0 Å². The molecule has 1 aliphatic rings. The van der Waals surface area contributed by atoms with Crippen LogP contribution in [0, 0.1) is 11.8 Å². The molecule has 4 nitrogen and oxygen atoms in total. The number of hydrogen-bond donors (Lipinski definition) is 0. The average Bonchev–Trinajstić information content (AvgIpc) is 4.22. The van der Waals surface area contributed by atoms with Gasteiger partial charge in [-0.2, -0.15) is 0 Å². The summed E-state index contributed by atoms with van der Waals surface area (Å²) < 4.78 is 14.5. The van der Waals surface area contributed by atoms with E-state index in [2.05, 4.69) is 241 Å². The van der Waals surface area contributed by atoms with Crippen LogP contribution in [0.25, 0.3) is 113 Å². The molecule has 2 unspecified atom stereocenters. The molecule has 0 radical (unpaired) electrons. The molecule has 4 aromatic heterocycles. The highest BCUT2D eigenvalue weighted by atomic mass is 32.1. The van der Waals surface area contributed by atoms with Crippen LogP contribution in [0.5, 0.6) is 0 Å². The zero-order chi connectivity index (χ0) is 48.3. The van der Waals surface area contributed by atoms with E-state index in [1.165, 1.54) is 91.3 Å². The molecule has 1 aliphatic heterocycles. The van der Waals surface area contributed by atoms with Gasteiger partial charge in [0.1, 0.15) is 5.58 Å². The number of benzene rings is 10. The number of fused-ring (bicyclic) bond motifs is 13. The minimum absolute atomic E-state index is 0.0841. The van der Waals surface area contributed by atoms with Gasteiger partial charge in [-0.1, -0.05) is 172 Å². The SMILES string of the molecule is CC1C/C=C(\c2cc(-n3c4ccccc4c4cc5ccccc5cc43)c3oc4ccccc4c3c2)CC(C)[C@H](c2cccc3c2sc2ccccc23)N=C1c1cccc2c3ccccc3n(-c3ccccc3)c12. The number of aromatic nitrogens is 2. The van der Waals surface area contributed by atoms with Crippen molar-refractivity contribution in [1.82, 2.24) is 9.13 Å². The largest absolute Gasteiger partial charge is 0.454 e. The highest BCUT2D eigenvalue weighted by Gasteiger charge is 2.30. The van der Waals surface area contributed by atoms with Crippen LogP contribution in [-0.4, -0.2) is 14.8 Å². The number of nitrogens with zero attached hydrogens (tertiary/aromatic N) is 3. The van der Waals surface area contributed by atoms with Crippen molar-refractivity contribution in [2.45, 2.75) is 32.7 Å². The fourth-order valence-corrected chi connectivity index (χ4v) is 13.7. The minimum atomic E-state index is -0.135. The van der Waals surface area contributed by atoms with Crippen molar-refractivity contribution in [3.8, 4) is 11.4 Å². The van der Waals surface area contributed by atoms with Crippen LogP contribution in [0.2, 0.25) is 0 Å². The smallest absolute Gasteiger partial charge is 0.159 e. The standard InChI is InChI=1S/C68H49N3OS/c1-41-34-35-45(46-38-57-50-24-10-14-32-62(50)72-67(57)61(40-46)71-59-31-13-9-23-49(59)56-37-43-18-6-7-19-44(43)39-60(56)71)36-42(2)65(55-29-17-27-53-51-25-11-15-33-63(51)73-68(53)55)69-64(41)54-28-16-26-52-48-22-8-12-30-58(48)70(66(52)54)47-20-4-3-5-21-47/h3-33,35,37-42,65H,34,36H2,1-2H3/b45-35-,69-64?/t41?,42?,65-/m1/s1. The number of aliphatic imine (C=N–C) groups is 1. The summed E-state index contributed by atoms with van der Waals surface area (Å²) in [6.45, 7) is 4.84. The normalized spacial score (nSPS) is 17.5. The Morgan fingerprint density at radius 2 is 1.18 bits per heavy atom. The van der Waals surface area contributed by atoms with Crippen molar-refractivity contribution in [1.29, 1.82) is 0 Å². The molecule has 5 heterocycles. The second-order valence-corrected chi connectivity index (χ2v) is 21.3. The summed E-state index contributed by atoms with van der Waals surface area (Å²) >= 11 is 1.91. The number of para-hydroxylation sites is 5. The first-order valence-electron chi connectivity index (χ1n) is 25.7. The second-order valence-electron chi connectivity index (χ2n) is 20.3. The summed E-state index contributed by atoms with van der Waals surface area (Å²) in [4.78, 5) is 6.19. The van der Waals surface area contributed by atoms with Crippen molar-refractivity contribution in [3.63, 3.8) is 0 Å². The van der Waals surface area contributed by atoms with Crippen molar-refractivity contribution in [3.05, 3.63) is 235 Å². The van der Waals surface area contributed by atoms with Crippen LogP contribution in [0.4, 0.5) is 0 Å². The van der Waals surface area contributed by atoms with Crippen molar-refractivity contribution in [2.75, 3.05) is 0 Å². The van der Waals surface area contributed by atoms with Crippen LogP contribution in [-0.2, 0) is 0 Å². The van der Waals surface area contributed by atoms with Crippen LogP contribution in [0.3, 0.4) is 0 Å². The lowest BCUT2D eigenvalue weighted by Crippen LogP contribution is -2.17. The number of hydrogen-bond acceptors (Lipinski definition) is 3. The lowest BCUT2D eigenvalue weighted by atomic mass is 9.86. The van der Waals surface area contributed by atoms with Gasteiger partial charge < -0.3 is 13.6 Å². The molecule has 0 N–H and O–H groups in total. The molecule has 0 amide bonds. The highest BCUT2D eigenvalue weighted by molar-refractivity contribution is 7.26. The Kier molecular flexibility index (Phi) is 9.55. The highest BCUT2D eigenvalue weighted by Crippen LogP contribution is 2.47. The molecule has 0 spiro atoms. The number of furan rings is 1. The maximum Gasteiger partial charge on any atom is 0.159 e. The molecule has 10 aromatic carbocycles. The number of thiophene rings is 1. The first-order chi connectivity index (χ1) is 36.0. The maximum absolute atomic E-state index is 6.98. The van der Waals surface area contributed by atoms with Crippen molar-refractivity contribution >= 4 is 119 Å². The van der Waals surface area contributed by atoms with E-state index in [-0.39, 0.29) is 17.9 Å². The summed E-state index contributed by atoms with van der Waals surface area (Å²) in [7, 11) is 0. The van der Waals surface area contributed by atoms with Crippen LogP contribution < -0.4 is 0 Å². The van der Waals surface area contributed by atoms with E-state index < -0.39 is 0 Å². The third-order valence-corrected chi connectivity index (χ3v) is 17.1. The molecule has 0 bridgehead atoms. The van der Waals surface area contributed by atoms with Crippen molar-refractivity contribution in [2.24, 2.45) is 16.8 Å². The van der Waals surface area contributed by atoms with Crippen LogP contribution >= 0.6 is 11.3 Å². The fourth-order valence-electron chi connectivity index (χ4n) is 12.5. The second kappa shape index (κ2) is 16.5. The molecule has 0 saturated carbocycles. The Morgan fingerprint density at radius 3 is 2.01 bits per heavy atom. The molecular weight excluding hydrogens is 907 g/mol. The molecular formula is C68H49N3OS. The van der Waals surface area contributed by atoms with E-state index in [0.717, 1.165) is 57.4 Å². The molecule has 15 rings (SSSR count). The van der Waals surface area contributed by atoms with Gasteiger partial charge in [0.05, 0.1) is 33.8 Å². The average molecular weight is 956 g/mol. The van der Waals surface area contributed by atoms with Gasteiger partial charge in [0.25, 0.3) is 0 Å². The third-order valence-electron chi connectivity index (χ3n) is 15.9. The molecule has 0 saturated heterocycles. The summed E-state index contributed by atoms with van der Waals surface area (Å²) in [5.74, 6) is 0.210. The van der Waals surface area contributed by atoms with E-state index in [1.807, 2.05) is 11.3 Å². The predicted molar refractivity (Wildman–Crippen MR) is 310 cm³/mol. The Bertz CT molecular complexity index is 4620. The first kappa shape index (κ1) is 42.2. The maximum atomic E-state index is 6.98. The van der Waals surface area contributed by atoms with E-state index in [4.69, 9.17) is 9.41 Å². The Hall–Kier alpha value is -8.51. The Morgan fingerprint density at radius 1 is 0.521 bits per heavy atom. The molecule has 348 valence electrons. The topological polar surface area (TPSA) is 35.4 Å². The fraction of sp³-hybridized carbons (Fsp3) is 0.103. The van der Waals surface area contributed by atoms with Crippen LogP contribution in [0.15, 0.2) is 228 Å². The van der Waals surface area contributed by atoms with Gasteiger partial charge in [-0.15, -0.1) is 11.3 Å². The predicted octanol–water partition coefficient (Wildman–Crippen LogP) is 19.0. The van der Waals surface area contributed by atoms with Gasteiger partial charge >= 0.3 is 0 Å². The van der Waals surface area contributed by atoms with Gasteiger partial charge in [-0.3, -0.25) is 4.99 Å².